The Morgan fingerprint density at radius 1 is 1.31 bits per heavy atom. The maximum absolute atomic E-state index is 12.1. The van der Waals surface area contributed by atoms with Crippen LogP contribution in [0.1, 0.15) is 28.2 Å². The fourth-order valence-electron chi connectivity index (χ4n) is 2.92. The van der Waals surface area contributed by atoms with Crippen LogP contribution in [-0.2, 0) is 11.2 Å². The summed E-state index contributed by atoms with van der Waals surface area (Å²) < 4.78 is 5.13. The molecule has 0 aromatic carbocycles. The van der Waals surface area contributed by atoms with Crippen LogP contribution in [0.2, 0.25) is 0 Å². The number of amides is 2. The van der Waals surface area contributed by atoms with Crippen LogP contribution in [0, 0.1) is 6.92 Å². The minimum Gasteiger partial charge on any atom is -0.469 e. The van der Waals surface area contributed by atoms with Crippen molar-refractivity contribution in [3.63, 3.8) is 0 Å². The number of nitrogens with zero attached hydrogens (tertiary/aromatic N) is 2. The normalized spacial score (nSPS) is 13.8. The smallest absolute Gasteiger partial charge is 0.260 e. The van der Waals surface area contributed by atoms with E-state index in [-0.39, 0.29) is 43.0 Å². The number of aromatic nitrogens is 1. The molecular formula is C18H27Cl2N5O3S. The molecule has 162 valence electrons. The van der Waals surface area contributed by atoms with Gasteiger partial charge in [-0.1, -0.05) is 0 Å². The Morgan fingerprint density at radius 3 is 2.76 bits per heavy atom. The van der Waals surface area contributed by atoms with Gasteiger partial charge in [0.05, 0.1) is 23.9 Å². The molecule has 8 nitrogen and oxygen atoms in total. The first-order valence-corrected chi connectivity index (χ1v) is 9.99. The minimum absolute atomic E-state index is 0. The van der Waals surface area contributed by atoms with Crippen molar-refractivity contribution in [1.82, 2.24) is 20.5 Å². The van der Waals surface area contributed by atoms with E-state index in [9.17, 15) is 9.59 Å². The van der Waals surface area contributed by atoms with Gasteiger partial charge >= 0.3 is 0 Å². The summed E-state index contributed by atoms with van der Waals surface area (Å²) in [5, 5.41) is 11.3. The number of halogens is 2. The molecule has 29 heavy (non-hydrogen) atoms. The molecule has 1 saturated heterocycles. The van der Waals surface area contributed by atoms with Gasteiger partial charge in [-0.05, 0) is 26.0 Å². The number of rotatable bonds is 8. The summed E-state index contributed by atoms with van der Waals surface area (Å²) in [6, 6.07) is 1.62. The topological polar surface area (TPSA) is 99.5 Å². The molecule has 0 bridgehead atoms. The zero-order valence-corrected chi connectivity index (χ0v) is 18.7. The van der Waals surface area contributed by atoms with Gasteiger partial charge in [0.1, 0.15) is 5.76 Å². The Hall–Kier alpha value is -1.65. The third kappa shape index (κ3) is 7.94. The number of carbonyl (C=O) groups is 2. The summed E-state index contributed by atoms with van der Waals surface area (Å²) in [4.78, 5) is 30.9. The molecule has 0 spiro atoms. The molecule has 3 N–H and O–H groups in total. The number of carbonyl (C=O) groups excluding carboxylic acids is 2. The summed E-state index contributed by atoms with van der Waals surface area (Å²) in [5.74, 6) is 0.244. The van der Waals surface area contributed by atoms with E-state index >= 15 is 0 Å². The average molecular weight is 464 g/mol. The molecule has 0 radical (unpaired) electrons. The molecule has 3 rings (SSSR count). The van der Waals surface area contributed by atoms with Crippen LogP contribution in [0.4, 0.5) is 5.13 Å². The summed E-state index contributed by atoms with van der Waals surface area (Å²) in [6.45, 7) is 7.61. The highest BCUT2D eigenvalue weighted by molar-refractivity contribution is 7.14. The number of piperazine rings is 1. The van der Waals surface area contributed by atoms with Gasteiger partial charge in [-0.3, -0.25) is 14.9 Å². The quantitative estimate of drug-likeness (QED) is 0.518. The van der Waals surface area contributed by atoms with Crippen molar-refractivity contribution in [3.8, 4) is 0 Å². The zero-order chi connectivity index (χ0) is 19.1. The van der Waals surface area contributed by atoms with Crippen molar-refractivity contribution >= 4 is 53.1 Å². The van der Waals surface area contributed by atoms with E-state index in [1.54, 1.807) is 18.4 Å². The number of hydrogen-bond donors (Lipinski definition) is 3. The van der Waals surface area contributed by atoms with E-state index in [1.807, 2.05) is 0 Å². The molecular weight excluding hydrogens is 437 g/mol. The number of nitrogens with one attached hydrogen (secondary N) is 3. The van der Waals surface area contributed by atoms with Gasteiger partial charge in [0, 0.05) is 38.1 Å². The maximum atomic E-state index is 12.1. The van der Waals surface area contributed by atoms with Crippen LogP contribution >= 0.6 is 36.2 Å². The monoisotopic (exact) mass is 463 g/mol. The highest BCUT2D eigenvalue weighted by Crippen LogP contribution is 2.18. The highest BCUT2D eigenvalue weighted by Gasteiger charge is 2.14. The van der Waals surface area contributed by atoms with Crippen LogP contribution in [0.15, 0.2) is 22.1 Å². The molecule has 1 aliphatic rings. The molecule has 0 saturated carbocycles. The summed E-state index contributed by atoms with van der Waals surface area (Å²) >= 11 is 1.30. The Bertz CT molecular complexity index is 777. The number of hydrogen-bond acceptors (Lipinski definition) is 7. The Labute approximate surface area is 186 Å². The van der Waals surface area contributed by atoms with Crippen LogP contribution in [0.3, 0.4) is 0 Å². The standard InChI is InChI=1S/C18H25N5O3S.2ClH/c1-13-15(3-10-26-13)17(25)22-18-21-14(12-27-18)11-16(24)20-4-2-7-23-8-5-19-6-9-23;;/h3,10,12,19H,2,4-9,11H2,1H3,(H,20,24)(H,21,22,25);2*1H. The number of furan rings is 1. The lowest BCUT2D eigenvalue weighted by atomic mass is 10.2. The van der Waals surface area contributed by atoms with Crippen molar-refractivity contribution < 1.29 is 14.0 Å². The van der Waals surface area contributed by atoms with E-state index in [0.29, 0.717) is 28.7 Å². The van der Waals surface area contributed by atoms with Crippen molar-refractivity contribution in [2.45, 2.75) is 19.8 Å². The van der Waals surface area contributed by atoms with Gasteiger partial charge in [-0.15, -0.1) is 36.2 Å². The average Bonchev–Trinajstić information content (AvgIpc) is 3.28. The minimum atomic E-state index is -0.264. The van der Waals surface area contributed by atoms with Gasteiger partial charge < -0.3 is 20.0 Å². The fourth-order valence-corrected chi connectivity index (χ4v) is 3.63. The van der Waals surface area contributed by atoms with Gasteiger partial charge in [0.2, 0.25) is 5.91 Å². The first-order valence-electron chi connectivity index (χ1n) is 9.11. The van der Waals surface area contributed by atoms with Gasteiger partial charge in [-0.25, -0.2) is 4.98 Å². The van der Waals surface area contributed by atoms with Gasteiger partial charge in [0.25, 0.3) is 5.91 Å². The lowest BCUT2D eigenvalue weighted by molar-refractivity contribution is -0.120. The second-order valence-corrected chi connectivity index (χ2v) is 7.32. The first kappa shape index (κ1) is 25.4. The third-order valence-corrected chi connectivity index (χ3v) is 5.21. The molecule has 2 aromatic heterocycles. The van der Waals surface area contributed by atoms with E-state index in [1.165, 1.54) is 17.6 Å². The summed E-state index contributed by atoms with van der Waals surface area (Å²) in [5.41, 5.74) is 1.13. The molecule has 1 fully saturated rings. The predicted molar refractivity (Wildman–Crippen MR) is 119 cm³/mol. The van der Waals surface area contributed by atoms with Crippen molar-refractivity contribution in [1.29, 1.82) is 0 Å². The largest absolute Gasteiger partial charge is 0.469 e. The van der Waals surface area contributed by atoms with E-state index < -0.39 is 0 Å². The molecule has 1 aliphatic heterocycles. The van der Waals surface area contributed by atoms with Gasteiger partial charge in [-0.2, -0.15) is 0 Å². The maximum Gasteiger partial charge on any atom is 0.260 e. The van der Waals surface area contributed by atoms with E-state index in [0.717, 1.165) is 39.1 Å². The third-order valence-electron chi connectivity index (χ3n) is 4.40. The van der Waals surface area contributed by atoms with E-state index in [2.05, 4.69) is 25.8 Å². The van der Waals surface area contributed by atoms with Gasteiger partial charge in [0.15, 0.2) is 5.13 Å². The van der Waals surface area contributed by atoms with E-state index in [4.69, 9.17) is 4.42 Å². The Balaban J connectivity index is 0.00000210. The lowest BCUT2D eigenvalue weighted by Gasteiger charge is -2.27. The molecule has 0 atom stereocenters. The number of thiazole rings is 1. The predicted octanol–water partition coefficient (Wildman–Crippen LogP) is 2.09. The number of aryl methyl sites for hydroxylation is 1. The summed E-state index contributed by atoms with van der Waals surface area (Å²) in [6.07, 6.45) is 2.63. The second-order valence-electron chi connectivity index (χ2n) is 6.46. The Morgan fingerprint density at radius 2 is 2.07 bits per heavy atom. The van der Waals surface area contributed by atoms with Crippen LogP contribution in [0.25, 0.3) is 0 Å². The lowest BCUT2D eigenvalue weighted by Crippen LogP contribution is -2.44. The molecule has 0 unspecified atom stereocenters. The SMILES string of the molecule is Cc1occc1C(=O)Nc1nc(CC(=O)NCCCN2CCNCC2)cs1.Cl.Cl. The molecule has 3 heterocycles. The summed E-state index contributed by atoms with van der Waals surface area (Å²) in [7, 11) is 0. The fraction of sp³-hybridized carbons (Fsp3) is 0.500. The number of anilines is 1. The molecule has 2 aromatic rings. The Kier molecular flexibility index (Phi) is 11.2. The van der Waals surface area contributed by atoms with Crippen molar-refractivity contribution in [2.24, 2.45) is 0 Å². The van der Waals surface area contributed by atoms with Crippen molar-refractivity contribution in [2.75, 3.05) is 44.6 Å². The van der Waals surface area contributed by atoms with Crippen LogP contribution in [-0.4, -0.2) is 61.0 Å². The van der Waals surface area contributed by atoms with Crippen molar-refractivity contribution in [3.05, 3.63) is 34.7 Å². The second kappa shape index (κ2) is 12.8. The van der Waals surface area contributed by atoms with Crippen LogP contribution in [0.5, 0.6) is 0 Å². The first-order chi connectivity index (χ1) is 13.1. The van der Waals surface area contributed by atoms with Crippen LogP contribution < -0.4 is 16.0 Å². The molecule has 0 aliphatic carbocycles. The molecule has 11 heteroatoms. The highest BCUT2D eigenvalue weighted by atomic mass is 35.5. The molecule has 2 amide bonds. The zero-order valence-electron chi connectivity index (χ0n) is 16.2.